The van der Waals surface area contributed by atoms with E-state index in [9.17, 15) is 14.4 Å². The Balaban J connectivity index is 1.56. The molecule has 2 atom stereocenters. The number of esters is 1. The summed E-state index contributed by atoms with van der Waals surface area (Å²) in [5, 5.41) is 0. The quantitative estimate of drug-likeness (QED) is 0.588. The number of hydrogen-bond acceptors (Lipinski definition) is 5. The number of ether oxygens (including phenoxy) is 2. The molecule has 2 aromatic carbocycles. The van der Waals surface area contributed by atoms with Gasteiger partial charge in [-0.2, -0.15) is 0 Å². The Morgan fingerprint density at radius 3 is 2.04 bits per heavy atom. The van der Waals surface area contributed by atoms with Crippen LogP contribution in [-0.4, -0.2) is 54.5 Å². The monoisotopic (exact) mass is 381 g/mol. The standard InChI is InChI=1S/C22H23NO5/c1-15-12-23(13-16(2)28-15)20(24)14-27-22(26)19-10-8-18(9-11-19)21(25)17-6-4-3-5-7-17/h3-11,15-16H,12-14H2,1-2H3. The lowest BCUT2D eigenvalue weighted by Gasteiger charge is -2.35. The summed E-state index contributed by atoms with van der Waals surface area (Å²) < 4.78 is 10.7. The number of nitrogens with zero attached hydrogens (tertiary/aromatic N) is 1. The highest BCUT2D eigenvalue weighted by Crippen LogP contribution is 2.13. The molecule has 0 aromatic heterocycles. The smallest absolute Gasteiger partial charge is 0.338 e. The van der Waals surface area contributed by atoms with Gasteiger partial charge in [0.05, 0.1) is 17.8 Å². The lowest BCUT2D eigenvalue weighted by Crippen LogP contribution is -2.49. The molecular weight excluding hydrogens is 358 g/mol. The van der Waals surface area contributed by atoms with Crippen molar-refractivity contribution in [3.05, 3.63) is 71.3 Å². The van der Waals surface area contributed by atoms with Gasteiger partial charge in [0.1, 0.15) is 0 Å². The molecule has 0 radical (unpaired) electrons. The first-order valence-electron chi connectivity index (χ1n) is 9.24. The third kappa shape index (κ3) is 4.84. The molecule has 146 valence electrons. The number of benzene rings is 2. The van der Waals surface area contributed by atoms with Crippen LogP contribution in [0.1, 0.15) is 40.1 Å². The number of amides is 1. The lowest BCUT2D eigenvalue weighted by atomic mass is 10.0. The van der Waals surface area contributed by atoms with Gasteiger partial charge in [-0.25, -0.2) is 4.79 Å². The van der Waals surface area contributed by atoms with Crippen molar-refractivity contribution in [1.29, 1.82) is 0 Å². The fraction of sp³-hybridized carbons (Fsp3) is 0.318. The fourth-order valence-corrected chi connectivity index (χ4v) is 3.20. The van der Waals surface area contributed by atoms with E-state index in [2.05, 4.69) is 0 Å². The maximum absolute atomic E-state index is 12.4. The summed E-state index contributed by atoms with van der Waals surface area (Å²) in [6.45, 7) is 4.46. The Morgan fingerprint density at radius 1 is 0.893 bits per heavy atom. The molecule has 0 aliphatic carbocycles. The number of ketones is 1. The van der Waals surface area contributed by atoms with Crippen LogP contribution >= 0.6 is 0 Å². The van der Waals surface area contributed by atoms with Gasteiger partial charge < -0.3 is 14.4 Å². The highest BCUT2D eigenvalue weighted by atomic mass is 16.5. The van der Waals surface area contributed by atoms with Gasteiger partial charge in [0.25, 0.3) is 5.91 Å². The first kappa shape index (κ1) is 19.8. The molecule has 0 bridgehead atoms. The lowest BCUT2D eigenvalue weighted by molar-refractivity contribution is -0.146. The average molecular weight is 381 g/mol. The van der Waals surface area contributed by atoms with E-state index in [0.717, 1.165) is 0 Å². The van der Waals surface area contributed by atoms with E-state index in [1.165, 1.54) is 12.1 Å². The van der Waals surface area contributed by atoms with Gasteiger partial charge in [0.15, 0.2) is 12.4 Å². The fourth-order valence-electron chi connectivity index (χ4n) is 3.20. The van der Waals surface area contributed by atoms with Crippen LogP contribution in [0.2, 0.25) is 0 Å². The first-order chi connectivity index (χ1) is 13.4. The number of rotatable bonds is 5. The second-order valence-corrected chi connectivity index (χ2v) is 6.90. The number of carbonyl (C=O) groups is 3. The van der Waals surface area contributed by atoms with Gasteiger partial charge in [0, 0.05) is 24.2 Å². The van der Waals surface area contributed by atoms with E-state index in [-0.39, 0.29) is 30.5 Å². The molecule has 1 amide bonds. The zero-order valence-corrected chi connectivity index (χ0v) is 16.0. The molecule has 2 unspecified atom stereocenters. The van der Waals surface area contributed by atoms with Crippen molar-refractivity contribution in [1.82, 2.24) is 4.90 Å². The zero-order valence-electron chi connectivity index (χ0n) is 16.0. The Kier molecular flexibility index (Phi) is 6.21. The van der Waals surface area contributed by atoms with E-state index in [0.29, 0.717) is 29.8 Å². The predicted octanol–water partition coefficient (Wildman–Crippen LogP) is 2.71. The summed E-state index contributed by atoms with van der Waals surface area (Å²) in [6, 6.07) is 15.1. The highest BCUT2D eigenvalue weighted by Gasteiger charge is 2.26. The first-order valence-corrected chi connectivity index (χ1v) is 9.24. The Labute approximate surface area is 164 Å². The minimum absolute atomic E-state index is 0.0434. The van der Waals surface area contributed by atoms with Crippen molar-refractivity contribution in [2.75, 3.05) is 19.7 Å². The molecule has 1 aliphatic heterocycles. The van der Waals surface area contributed by atoms with Crippen molar-refractivity contribution >= 4 is 17.7 Å². The van der Waals surface area contributed by atoms with Gasteiger partial charge in [-0.15, -0.1) is 0 Å². The number of morpholine rings is 1. The second-order valence-electron chi connectivity index (χ2n) is 6.90. The molecule has 1 saturated heterocycles. The summed E-state index contributed by atoms with van der Waals surface area (Å²) in [7, 11) is 0. The van der Waals surface area contributed by atoms with E-state index in [1.54, 1.807) is 41.3 Å². The molecule has 1 fully saturated rings. The molecule has 0 saturated carbocycles. The van der Waals surface area contributed by atoms with Gasteiger partial charge in [-0.3, -0.25) is 9.59 Å². The third-order valence-electron chi connectivity index (χ3n) is 4.52. The van der Waals surface area contributed by atoms with Crippen LogP contribution in [0.25, 0.3) is 0 Å². The molecule has 0 spiro atoms. The van der Waals surface area contributed by atoms with Crippen molar-refractivity contribution < 1.29 is 23.9 Å². The Bertz CT molecular complexity index is 837. The summed E-state index contributed by atoms with van der Waals surface area (Å²) in [5.41, 5.74) is 1.36. The van der Waals surface area contributed by atoms with Crippen molar-refractivity contribution in [3.63, 3.8) is 0 Å². The summed E-state index contributed by atoms with van der Waals surface area (Å²) in [4.78, 5) is 38.5. The minimum atomic E-state index is -0.596. The third-order valence-corrected chi connectivity index (χ3v) is 4.52. The largest absolute Gasteiger partial charge is 0.452 e. The van der Waals surface area contributed by atoms with Crippen LogP contribution < -0.4 is 0 Å². The van der Waals surface area contributed by atoms with Crippen LogP contribution in [-0.2, 0) is 14.3 Å². The molecule has 6 nitrogen and oxygen atoms in total. The maximum Gasteiger partial charge on any atom is 0.338 e. The Morgan fingerprint density at radius 2 is 1.43 bits per heavy atom. The Hall–Kier alpha value is -2.99. The molecule has 3 rings (SSSR count). The van der Waals surface area contributed by atoms with Crippen LogP contribution in [0, 0.1) is 0 Å². The van der Waals surface area contributed by atoms with E-state index in [4.69, 9.17) is 9.47 Å². The molecular formula is C22H23NO5. The van der Waals surface area contributed by atoms with Crippen molar-refractivity contribution in [2.45, 2.75) is 26.1 Å². The van der Waals surface area contributed by atoms with Gasteiger partial charge in [-0.05, 0) is 26.0 Å². The summed E-state index contributed by atoms with van der Waals surface area (Å²) >= 11 is 0. The van der Waals surface area contributed by atoms with E-state index < -0.39 is 5.97 Å². The number of hydrogen-bond donors (Lipinski definition) is 0. The highest BCUT2D eigenvalue weighted by molar-refractivity contribution is 6.09. The van der Waals surface area contributed by atoms with Gasteiger partial charge in [0.2, 0.25) is 0 Å². The molecule has 1 aliphatic rings. The molecule has 1 heterocycles. The predicted molar refractivity (Wildman–Crippen MR) is 103 cm³/mol. The van der Waals surface area contributed by atoms with Crippen LogP contribution in [0.15, 0.2) is 54.6 Å². The average Bonchev–Trinajstić information content (AvgIpc) is 2.71. The van der Waals surface area contributed by atoms with Crippen LogP contribution in [0.4, 0.5) is 0 Å². The van der Waals surface area contributed by atoms with Crippen molar-refractivity contribution in [3.8, 4) is 0 Å². The van der Waals surface area contributed by atoms with Gasteiger partial charge >= 0.3 is 5.97 Å². The topological polar surface area (TPSA) is 72.9 Å². The number of carbonyl (C=O) groups excluding carboxylic acids is 3. The SMILES string of the molecule is CC1CN(C(=O)COC(=O)c2ccc(C(=O)c3ccccc3)cc2)CC(C)O1. The van der Waals surface area contributed by atoms with Gasteiger partial charge in [-0.1, -0.05) is 42.5 Å². The molecule has 6 heteroatoms. The second kappa shape index (κ2) is 8.80. The van der Waals surface area contributed by atoms with Crippen LogP contribution in [0.5, 0.6) is 0 Å². The molecule has 28 heavy (non-hydrogen) atoms. The summed E-state index contributed by atoms with van der Waals surface area (Å²) in [5.74, 6) is -0.959. The van der Waals surface area contributed by atoms with E-state index in [1.807, 2.05) is 19.9 Å². The normalized spacial score (nSPS) is 19.1. The summed E-state index contributed by atoms with van der Waals surface area (Å²) in [6.07, 6.45) is -0.0869. The van der Waals surface area contributed by atoms with Crippen molar-refractivity contribution in [2.24, 2.45) is 0 Å². The minimum Gasteiger partial charge on any atom is -0.452 e. The molecule has 2 aromatic rings. The zero-order chi connectivity index (χ0) is 20.1. The van der Waals surface area contributed by atoms with E-state index >= 15 is 0 Å². The molecule has 0 N–H and O–H groups in total. The van der Waals surface area contributed by atoms with Crippen LogP contribution in [0.3, 0.4) is 0 Å². The maximum atomic E-state index is 12.4.